The molecule has 0 amide bonds. The van der Waals surface area contributed by atoms with Crippen LogP contribution in [0.1, 0.15) is 110 Å². The van der Waals surface area contributed by atoms with Gasteiger partial charge in [0.25, 0.3) is 5.97 Å². The third kappa shape index (κ3) is 12.3. The molecule has 0 fully saturated rings. The van der Waals surface area contributed by atoms with Gasteiger partial charge in [-0.05, 0) is 64.2 Å². The fraction of sp³-hybridized carbons (Fsp3) is 0.786. The molecular weight excluding hydrogens is 422 g/mol. The molecule has 1 aromatic carbocycles. The van der Waals surface area contributed by atoms with Crippen molar-refractivity contribution in [3.05, 3.63) is 35.4 Å². The monoisotopic (exact) mass is 470 g/mol. The summed E-state index contributed by atoms with van der Waals surface area (Å²) in [6, 6.07) is 3.79. The van der Waals surface area contributed by atoms with Crippen molar-refractivity contribution in [3.63, 3.8) is 0 Å². The first-order valence-corrected chi connectivity index (χ1v) is 13.4. The molecule has 0 aliphatic rings. The van der Waals surface area contributed by atoms with Crippen molar-refractivity contribution in [2.75, 3.05) is 19.8 Å². The van der Waals surface area contributed by atoms with Crippen LogP contribution >= 0.6 is 0 Å². The summed E-state index contributed by atoms with van der Waals surface area (Å²) in [5.74, 6) is -1.76. The Labute approximate surface area is 201 Å². The van der Waals surface area contributed by atoms with Crippen LogP contribution in [0, 0.1) is 17.6 Å². The highest BCUT2D eigenvalue weighted by Gasteiger charge is 2.41. The summed E-state index contributed by atoms with van der Waals surface area (Å²) in [5.41, 5.74) is 0.733. The molecule has 1 atom stereocenters. The Bertz CT molecular complexity index is 572. The lowest BCUT2D eigenvalue weighted by molar-refractivity contribution is -0.403. The van der Waals surface area contributed by atoms with E-state index in [1.165, 1.54) is 44.2 Å². The molecule has 33 heavy (non-hydrogen) atoms. The Hall–Kier alpha value is -1.04. The van der Waals surface area contributed by atoms with Crippen molar-refractivity contribution in [1.82, 2.24) is 0 Å². The van der Waals surface area contributed by atoms with Gasteiger partial charge in [-0.1, -0.05) is 64.7 Å². The predicted octanol–water partition coefficient (Wildman–Crippen LogP) is 8.59. The van der Waals surface area contributed by atoms with E-state index in [1.807, 2.05) is 20.8 Å². The van der Waals surface area contributed by atoms with E-state index in [2.05, 4.69) is 6.92 Å². The Morgan fingerprint density at radius 3 is 1.58 bits per heavy atom. The fourth-order valence-corrected chi connectivity index (χ4v) is 4.58. The van der Waals surface area contributed by atoms with Crippen LogP contribution in [-0.4, -0.2) is 25.8 Å². The van der Waals surface area contributed by atoms with Gasteiger partial charge in [0.1, 0.15) is 11.6 Å². The number of halogens is 2. The van der Waals surface area contributed by atoms with Crippen LogP contribution in [0.4, 0.5) is 8.78 Å². The zero-order valence-corrected chi connectivity index (χ0v) is 21.6. The summed E-state index contributed by atoms with van der Waals surface area (Å²) < 4.78 is 45.1. The lowest BCUT2D eigenvalue weighted by Gasteiger charge is -2.39. The van der Waals surface area contributed by atoms with Crippen molar-refractivity contribution in [2.24, 2.45) is 5.92 Å². The van der Waals surface area contributed by atoms with Crippen molar-refractivity contribution in [3.8, 4) is 0 Å². The maximum Gasteiger partial charge on any atom is 0.285 e. The predicted molar refractivity (Wildman–Crippen MR) is 132 cm³/mol. The van der Waals surface area contributed by atoms with Gasteiger partial charge in [0.05, 0.1) is 0 Å². The highest BCUT2D eigenvalue weighted by molar-refractivity contribution is 5.17. The molecule has 0 aliphatic heterocycles. The third-order valence-electron chi connectivity index (χ3n) is 6.13. The van der Waals surface area contributed by atoms with Gasteiger partial charge >= 0.3 is 0 Å². The number of ether oxygens (including phenoxy) is 3. The van der Waals surface area contributed by atoms with Crippen LogP contribution in [0.5, 0.6) is 0 Å². The summed E-state index contributed by atoms with van der Waals surface area (Å²) >= 11 is 0. The normalized spacial score (nSPS) is 12.9. The van der Waals surface area contributed by atoms with E-state index in [4.69, 9.17) is 14.2 Å². The standard InChI is InChI=1S/C28H48F2O3/c1-5-9-10-11-12-16-19-25(28(31-6-2,32-7-3)33-8-4)20-17-14-13-15-18-24-21-26(29)23-27(30)22-24/h21-23,25H,5-20H2,1-4H3. The summed E-state index contributed by atoms with van der Waals surface area (Å²) in [4.78, 5) is 0. The second-order valence-corrected chi connectivity index (χ2v) is 8.89. The first-order chi connectivity index (χ1) is 16.0. The van der Waals surface area contributed by atoms with Crippen molar-refractivity contribution in [2.45, 2.75) is 117 Å². The number of aryl methyl sites for hydroxylation is 1. The lowest BCUT2D eigenvalue weighted by atomic mass is 9.91. The molecule has 0 N–H and O–H groups in total. The van der Waals surface area contributed by atoms with Crippen LogP contribution in [0.15, 0.2) is 18.2 Å². The molecule has 1 aromatic rings. The third-order valence-corrected chi connectivity index (χ3v) is 6.13. The van der Waals surface area contributed by atoms with Crippen molar-refractivity contribution >= 4 is 0 Å². The zero-order valence-electron chi connectivity index (χ0n) is 21.6. The Morgan fingerprint density at radius 2 is 1.09 bits per heavy atom. The quantitative estimate of drug-likeness (QED) is 0.133. The highest BCUT2D eigenvalue weighted by atomic mass is 19.1. The van der Waals surface area contributed by atoms with E-state index in [9.17, 15) is 8.78 Å². The van der Waals surface area contributed by atoms with Gasteiger partial charge in [-0.2, -0.15) is 0 Å². The SMILES string of the molecule is CCCCCCCCC(CCCCCCc1cc(F)cc(F)c1)C(OCC)(OCC)OCC. The maximum atomic E-state index is 13.4. The molecule has 0 spiro atoms. The molecule has 0 heterocycles. The van der Waals surface area contributed by atoms with Gasteiger partial charge in [-0.25, -0.2) is 8.78 Å². The first kappa shape index (κ1) is 30.0. The van der Waals surface area contributed by atoms with Gasteiger partial charge < -0.3 is 14.2 Å². The summed E-state index contributed by atoms with van der Waals surface area (Å²) in [5, 5.41) is 0. The van der Waals surface area contributed by atoms with Crippen LogP contribution in [0.3, 0.4) is 0 Å². The molecule has 0 aromatic heterocycles. The van der Waals surface area contributed by atoms with Crippen LogP contribution in [0.25, 0.3) is 0 Å². The van der Waals surface area contributed by atoms with Crippen LogP contribution in [-0.2, 0) is 20.6 Å². The fourth-order valence-electron chi connectivity index (χ4n) is 4.58. The molecule has 192 valence electrons. The maximum absolute atomic E-state index is 13.4. The molecule has 5 heteroatoms. The number of hydrogen-bond donors (Lipinski definition) is 0. The molecular formula is C28H48F2O3. The second kappa shape index (κ2) is 18.3. The highest BCUT2D eigenvalue weighted by Crippen LogP contribution is 2.34. The lowest BCUT2D eigenvalue weighted by Crippen LogP contribution is -2.46. The Morgan fingerprint density at radius 1 is 0.636 bits per heavy atom. The van der Waals surface area contributed by atoms with Crippen molar-refractivity contribution < 1.29 is 23.0 Å². The summed E-state index contributed by atoms with van der Waals surface area (Å²) in [6.07, 6.45) is 14.4. The molecule has 0 radical (unpaired) electrons. The van der Waals surface area contributed by atoms with E-state index < -0.39 is 17.6 Å². The number of benzene rings is 1. The number of hydrogen-bond acceptors (Lipinski definition) is 3. The van der Waals surface area contributed by atoms with Crippen LogP contribution < -0.4 is 0 Å². The molecule has 1 rings (SSSR count). The summed E-state index contributed by atoms with van der Waals surface area (Å²) in [7, 11) is 0. The molecule has 0 aliphatic carbocycles. The zero-order chi connectivity index (χ0) is 24.4. The van der Waals surface area contributed by atoms with Crippen LogP contribution in [0.2, 0.25) is 0 Å². The minimum atomic E-state index is -0.958. The molecule has 3 nitrogen and oxygen atoms in total. The molecule has 1 unspecified atom stereocenters. The average Bonchev–Trinajstić information content (AvgIpc) is 2.76. The van der Waals surface area contributed by atoms with Gasteiger partial charge in [-0.3, -0.25) is 0 Å². The minimum Gasteiger partial charge on any atom is -0.328 e. The first-order valence-electron chi connectivity index (χ1n) is 13.4. The van der Waals surface area contributed by atoms with E-state index in [0.29, 0.717) is 26.2 Å². The second-order valence-electron chi connectivity index (χ2n) is 8.89. The van der Waals surface area contributed by atoms with Gasteiger partial charge in [-0.15, -0.1) is 0 Å². The van der Waals surface area contributed by atoms with Crippen molar-refractivity contribution in [1.29, 1.82) is 0 Å². The Kier molecular flexibility index (Phi) is 16.6. The van der Waals surface area contributed by atoms with Gasteiger partial charge in [0, 0.05) is 31.8 Å². The largest absolute Gasteiger partial charge is 0.328 e. The number of rotatable bonds is 21. The van der Waals surface area contributed by atoms with E-state index in [-0.39, 0.29) is 5.92 Å². The minimum absolute atomic E-state index is 0.195. The van der Waals surface area contributed by atoms with E-state index in [0.717, 1.165) is 56.6 Å². The molecule has 0 bridgehead atoms. The molecule has 0 saturated carbocycles. The Balaban J connectivity index is 2.58. The smallest absolute Gasteiger partial charge is 0.285 e. The van der Waals surface area contributed by atoms with E-state index >= 15 is 0 Å². The summed E-state index contributed by atoms with van der Waals surface area (Å²) in [6.45, 7) is 9.87. The van der Waals surface area contributed by atoms with Gasteiger partial charge in [0.2, 0.25) is 0 Å². The number of unbranched alkanes of at least 4 members (excludes halogenated alkanes) is 8. The van der Waals surface area contributed by atoms with Gasteiger partial charge in [0.15, 0.2) is 0 Å². The average molecular weight is 471 g/mol. The molecule has 0 saturated heterocycles. The topological polar surface area (TPSA) is 27.7 Å². The van der Waals surface area contributed by atoms with E-state index in [1.54, 1.807) is 0 Å².